The molecule has 0 aliphatic carbocycles. The van der Waals surface area contributed by atoms with Gasteiger partial charge in [-0.1, -0.05) is 103 Å². The van der Waals surface area contributed by atoms with Crippen LogP contribution in [0.3, 0.4) is 0 Å². The quantitative estimate of drug-likeness (QED) is 0.217. The smallest absolute Gasteiger partial charge is 0.247 e. The van der Waals surface area contributed by atoms with E-state index < -0.39 is 66.0 Å². The van der Waals surface area contributed by atoms with Crippen molar-refractivity contribution in [3.05, 3.63) is 152 Å². The number of anilines is 3. The van der Waals surface area contributed by atoms with Crippen molar-refractivity contribution in [3.8, 4) is 33.7 Å². The van der Waals surface area contributed by atoms with Crippen molar-refractivity contribution in [3.63, 3.8) is 0 Å². The molecule has 0 unspecified atom stereocenters. The number of hydrogen-bond donors (Lipinski definition) is 0. The van der Waals surface area contributed by atoms with Gasteiger partial charge in [-0.15, -0.1) is 10.2 Å². The monoisotopic (exact) mass is 525 g/mol. The second-order valence-electron chi connectivity index (χ2n) is 8.80. The summed E-state index contributed by atoms with van der Waals surface area (Å²) in [6, 6.07) is 20.5. The maximum atomic E-state index is 9.44. The molecule has 1 heterocycles. The van der Waals surface area contributed by atoms with Crippen LogP contribution in [0.2, 0.25) is 0 Å². The zero-order valence-electron chi connectivity index (χ0n) is 30.9. The molecule has 0 N–H and O–H groups in total. The third-order valence-corrected chi connectivity index (χ3v) is 6.40. The zero-order valence-corrected chi connectivity index (χ0v) is 20.9. The summed E-state index contributed by atoms with van der Waals surface area (Å²) in [7, 11) is 0. The average Bonchev–Trinajstić information content (AvgIpc) is 3.67. The molecule has 0 fully saturated rings. The van der Waals surface area contributed by atoms with Gasteiger partial charge in [-0.2, -0.15) is 0 Å². The van der Waals surface area contributed by atoms with Crippen LogP contribution in [0.5, 0.6) is 0 Å². The van der Waals surface area contributed by atoms with Crippen LogP contribution in [0.4, 0.5) is 17.1 Å². The lowest BCUT2D eigenvalue weighted by Crippen LogP contribution is -2.10. The number of aromatic nitrogens is 2. The van der Waals surface area contributed by atoms with Crippen LogP contribution in [0.1, 0.15) is 13.7 Å². The van der Waals surface area contributed by atoms with Crippen LogP contribution in [-0.2, 0) is 0 Å². The number of para-hydroxylation sites is 1. The number of hydrogen-bond acceptors (Lipinski definition) is 4. The minimum atomic E-state index is -0.622. The Bertz CT molecular complexity index is 2390. The molecule has 0 saturated heterocycles. The van der Waals surface area contributed by atoms with Gasteiger partial charge >= 0.3 is 0 Å². The zero-order chi connectivity index (χ0) is 35.4. The van der Waals surface area contributed by atoms with Crippen molar-refractivity contribution in [1.82, 2.24) is 10.2 Å². The Labute approximate surface area is 246 Å². The minimum Gasteiger partial charge on any atom is -0.423 e. The molecule has 0 amide bonds. The van der Waals surface area contributed by atoms with Crippen molar-refractivity contribution in [2.75, 3.05) is 4.90 Å². The molecule has 4 heteroatoms. The first-order chi connectivity index (χ1) is 24.0. The molecule has 0 radical (unpaired) electrons. The van der Waals surface area contributed by atoms with Gasteiger partial charge in [-0.05, 0) is 70.0 Å². The lowest BCUT2D eigenvalue weighted by atomic mass is 9.95. The van der Waals surface area contributed by atoms with E-state index in [4.69, 9.17) is 15.4 Å². The number of rotatable bonds is 6. The van der Waals surface area contributed by atoms with Crippen LogP contribution in [0.25, 0.3) is 44.5 Å². The van der Waals surface area contributed by atoms with Gasteiger partial charge in [0.1, 0.15) is 0 Å². The highest BCUT2D eigenvalue weighted by molar-refractivity contribution is 6.06. The number of nitrogens with zero attached hydrogens (tertiary/aromatic N) is 3. The first kappa shape index (κ1) is 15.2. The third kappa shape index (κ3) is 4.42. The van der Waals surface area contributed by atoms with E-state index in [0.717, 1.165) is 17.5 Å². The van der Waals surface area contributed by atoms with Crippen LogP contribution >= 0.6 is 0 Å². The molecule has 7 aromatic rings. The summed E-state index contributed by atoms with van der Waals surface area (Å²) in [5.41, 5.74) is 1.97. The molecule has 0 spiro atoms. The van der Waals surface area contributed by atoms with Gasteiger partial charge in [-0.3, -0.25) is 0 Å². The Hall–Kier alpha value is -5.48. The second kappa shape index (κ2) is 10.4. The standard InChI is InChI=1S/C36H25N3O/c1-3-9-26(10-4-1)27-19-21-31(22-20-27)39(30-11-5-2-6-12-30)35-24-23-32(33-13-7-8-14-34(33)35)28-15-17-29(18-16-28)36-38-37-25-40-36/h1-25H/i7D,8D,13D,14D,15D,16D,17D,18D,23D,24D. The molecule has 6 aromatic carbocycles. The summed E-state index contributed by atoms with van der Waals surface area (Å²) >= 11 is 0. The second-order valence-corrected chi connectivity index (χ2v) is 8.80. The molecule has 0 aliphatic rings. The van der Waals surface area contributed by atoms with E-state index >= 15 is 0 Å². The summed E-state index contributed by atoms with van der Waals surface area (Å²) in [6.07, 6.45) is 0.986. The number of benzene rings is 6. The third-order valence-electron chi connectivity index (χ3n) is 6.40. The van der Waals surface area contributed by atoms with E-state index in [1.54, 1.807) is 29.2 Å². The predicted molar refractivity (Wildman–Crippen MR) is 163 cm³/mol. The molecule has 0 atom stereocenters. The van der Waals surface area contributed by atoms with Crippen molar-refractivity contribution in [2.24, 2.45) is 0 Å². The van der Waals surface area contributed by atoms with Gasteiger partial charge in [0.05, 0.1) is 19.4 Å². The van der Waals surface area contributed by atoms with Crippen molar-refractivity contribution in [2.45, 2.75) is 0 Å². The summed E-state index contributed by atoms with van der Waals surface area (Å²) in [5, 5.41) is 6.96. The minimum absolute atomic E-state index is 0.0165. The van der Waals surface area contributed by atoms with E-state index in [1.807, 2.05) is 60.7 Å². The van der Waals surface area contributed by atoms with Gasteiger partial charge in [0.25, 0.3) is 0 Å². The van der Waals surface area contributed by atoms with E-state index in [2.05, 4.69) is 10.2 Å². The Morgan fingerprint density at radius 1 is 0.550 bits per heavy atom. The lowest BCUT2D eigenvalue weighted by molar-refractivity contribution is 0.568. The first-order valence-electron chi connectivity index (χ1n) is 17.4. The van der Waals surface area contributed by atoms with Crippen molar-refractivity contribution >= 4 is 27.8 Å². The maximum absolute atomic E-state index is 9.44. The maximum Gasteiger partial charge on any atom is 0.247 e. The van der Waals surface area contributed by atoms with Gasteiger partial charge < -0.3 is 9.32 Å². The lowest BCUT2D eigenvalue weighted by Gasteiger charge is -2.27. The highest BCUT2D eigenvalue weighted by Gasteiger charge is 2.17. The summed E-state index contributed by atoms with van der Waals surface area (Å²) < 4.78 is 94.7. The molecule has 0 aliphatic heterocycles. The van der Waals surface area contributed by atoms with Crippen molar-refractivity contribution in [1.29, 1.82) is 0 Å². The van der Waals surface area contributed by atoms with Crippen LogP contribution in [-0.4, -0.2) is 10.2 Å². The van der Waals surface area contributed by atoms with Crippen molar-refractivity contribution < 1.29 is 18.1 Å². The molecule has 0 bridgehead atoms. The molecule has 4 nitrogen and oxygen atoms in total. The molecular formula is C36H25N3O. The van der Waals surface area contributed by atoms with E-state index in [0.29, 0.717) is 11.4 Å². The van der Waals surface area contributed by atoms with E-state index in [1.165, 1.54) is 0 Å². The van der Waals surface area contributed by atoms with Gasteiger partial charge in [-0.25, -0.2) is 0 Å². The van der Waals surface area contributed by atoms with Crippen LogP contribution < -0.4 is 4.90 Å². The predicted octanol–water partition coefficient (Wildman–Crippen LogP) is 9.69. The Morgan fingerprint density at radius 3 is 1.88 bits per heavy atom. The van der Waals surface area contributed by atoms with Gasteiger partial charge in [0.2, 0.25) is 12.3 Å². The summed E-state index contributed by atoms with van der Waals surface area (Å²) in [4.78, 5) is 1.65. The SMILES string of the molecule is [2H]c1c([2H])c(-c2c([2H])c([2H])c(N(c3ccccc3)c3ccc(-c4ccccc4)cc3)c3c([2H])c([2H])c([2H])c([2H])c23)c([2H])c([2H])c1-c1nnco1. The van der Waals surface area contributed by atoms with E-state index in [9.17, 15) is 2.74 Å². The molecular weight excluding hydrogens is 490 g/mol. The Morgan fingerprint density at radius 2 is 1.18 bits per heavy atom. The molecule has 0 saturated carbocycles. The fourth-order valence-electron chi connectivity index (χ4n) is 4.52. The van der Waals surface area contributed by atoms with Crippen LogP contribution in [0.15, 0.2) is 156 Å². The van der Waals surface area contributed by atoms with Gasteiger partial charge in [0.15, 0.2) is 0 Å². The van der Waals surface area contributed by atoms with Crippen LogP contribution in [0, 0.1) is 0 Å². The topological polar surface area (TPSA) is 42.2 Å². The molecule has 7 rings (SSSR count). The van der Waals surface area contributed by atoms with Gasteiger partial charge in [0, 0.05) is 22.3 Å². The first-order valence-corrected chi connectivity index (χ1v) is 12.4. The number of fused-ring (bicyclic) bond motifs is 1. The molecule has 190 valence electrons. The molecule has 40 heavy (non-hydrogen) atoms. The Balaban J connectivity index is 1.59. The highest BCUT2D eigenvalue weighted by atomic mass is 16.4. The Kier molecular flexibility index (Phi) is 3.93. The summed E-state index contributed by atoms with van der Waals surface area (Å²) in [6.45, 7) is 0. The largest absolute Gasteiger partial charge is 0.423 e. The van der Waals surface area contributed by atoms with E-state index in [-0.39, 0.29) is 33.5 Å². The normalized spacial score (nSPS) is 14.5. The fourth-order valence-corrected chi connectivity index (χ4v) is 4.52. The fraction of sp³-hybridized carbons (Fsp3) is 0. The average molecular weight is 526 g/mol. The highest BCUT2D eigenvalue weighted by Crippen LogP contribution is 2.42. The molecule has 1 aromatic heterocycles. The summed E-state index contributed by atoms with van der Waals surface area (Å²) in [5.74, 6) is -0.250.